The normalized spacial score (nSPS) is 12.7. The first-order valence-electron chi connectivity index (χ1n) is 7.49. The van der Waals surface area contributed by atoms with Gasteiger partial charge in [-0.2, -0.15) is 0 Å². The molecule has 0 spiro atoms. The van der Waals surface area contributed by atoms with Crippen molar-refractivity contribution in [2.45, 2.75) is 17.9 Å². The van der Waals surface area contributed by atoms with Gasteiger partial charge in [0.25, 0.3) is 0 Å². The SMILES string of the molecule is C[C@@H](NS(=O)(=O)c1cccnc1)c1ccc(-c2cccnc2)cc1. The van der Waals surface area contributed by atoms with E-state index in [1.807, 2.05) is 43.3 Å². The van der Waals surface area contributed by atoms with Crippen molar-refractivity contribution in [3.05, 3.63) is 78.9 Å². The lowest BCUT2D eigenvalue weighted by atomic mass is 10.0. The van der Waals surface area contributed by atoms with E-state index in [0.717, 1.165) is 16.7 Å². The summed E-state index contributed by atoms with van der Waals surface area (Å²) in [5.74, 6) is 0. The van der Waals surface area contributed by atoms with Crippen molar-refractivity contribution >= 4 is 10.0 Å². The van der Waals surface area contributed by atoms with E-state index in [9.17, 15) is 8.42 Å². The van der Waals surface area contributed by atoms with E-state index in [4.69, 9.17) is 0 Å². The molecule has 24 heavy (non-hydrogen) atoms. The molecule has 0 aliphatic carbocycles. The van der Waals surface area contributed by atoms with Gasteiger partial charge in [0.05, 0.1) is 0 Å². The summed E-state index contributed by atoms with van der Waals surface area (Å²) >= 11 is 0. The molecule has 1 atom stereocenters. The minimum atomic E-state index is -3.59. The first kappa shape index (κ1) is 16.3. The zero-order chi connectivity index (χ0) is 17.0. The quantitative estimate of drug-likeness (QED) is 0.775. The Morgan fingerprint density at radius 2 is 1.54 bits per heavy atom. The number of sulfonamides is 1. The number of rotatable bonds is 5. The Bertz CT molecular complexity index is 896. The summed E-state index contributed by atoms with van der Waals surface area (Å²) in [6.07, 6.45) is 6.40. The molecule has 1 N–H and O–H groups in total. The van der Waals surface area contributed by atoms with Crippen molar-refractivity contribution in [2.75, 3.05) is 0 Å². The van der Waals surface area contributed by atoms with Gasteiger partial charge in [-0.15, -0.1) is 0 Å². The van der Waals surface area contributed by atoms with Crippen LogP contribution in [0, 0.1) is 0 Å². The summed E-state index contributed by atoms with van der Waals surface area (Å²) in [6, 6.07) is 14.4. The van der Waals surface area contributed by atoms with Gasteiger partial charge in [-0.05, 0) is 41.8 Å². The zero-order valence-electron chi connectivity index (χ0n) is 13.1. The van der Waals surface area contributed by atoms with Crippen LogP contribution in [0.5, 0.6) is 0 Å². The Kier molecular flexibility index (Phi) is 4.69. The van der Waals surface area contributed by atoms with Crippen LogP contribution in [0.25, 0.3) is 11.1 Å². The van der Waals surface area contributed by atoms with E-state index in [0.29, 0.717) is 0 Å². The van der Waals surface area contributed by atoms with Crippen molar-refractivity contribution in [3.8, 4) is 11.1 Å². The molecule has 0 saturated heterocycles. The lowest BCUT2D eigenvalue weighted by molar-refractivity contribution is 0.566. The van der Waals surface area contributed by atoms with E-state index in [2.05, 4.69) is 14.7 Å². The van der Waals surface area contributed by atoms with E-state index in [1.165, 1.54) is 12.3 Å². The van der Waals surface area contributed by atoms with Crippen molar-refractivity contribution in [1.82, 2.24) is 14.7 Å². The van der Waals surface area contributed by atoms with Crippen LogP contribution in [0.2, 0.25) is 0 Å². The van der Waals surface area contributed by atoms with Gasteiger partial charge in [-0.1, -0.05) is 30.3 Å². The van der Waals surface area contributed by atoms with Gasteiger partial charge in [0.2, 0.25) is 10.0 Å². The van der Waals surface area contributed by atoms with Crippen LogP contribution < -0.4 is 4.72 Å². The minimum absolute atomic E-state index is 0.156. The Hall–Kier alpha value is -2.57. The highest BCUT2D eigenvalue weighted by atomic mass is 32.2. The average Bonchev–Trinajstić information content (AvgIpc) is 2.63. The maximum Gasteiger partial charge on any atom is 0.242 e. The second-order valence-corrected chi connectivity index (χ2v) is 7.11. The van der Waals surface area contributed by atoms with Crippen molar-refractivity contribution in [2.24, 2.45) is 0 Å². The van der Waals surface area contributed by atoms with Crippen molar-refractivity contribution in [3.63, 3.8) is 0 Å². The van der Waals surface area contributed by atoms with E-state index in [-0.39, 0.29) is 10.9 Å². The fraction of sp³-hybridized carbons (Fsp3) is 0.111. The third-order valence-corrected chi connectivity index (χ3v) is 5.21. The van der Waals surface area contributed by atoms with Gasteiger partial charge in [-0.25, -0.2) is 13.1 Å². The highest BCUT2D eigenvalue weighted by molar-refractivity contribution is 7.89. The maximum atomic E-state index is 12.3. The van der Waals surface area contributed by atoms with Crippen LogP contribution in [0.1, 0.15) is 18.5 Å². The molecule has 1 aromatic carbocycles. The number of pyridine rings is 2. The van der Waals surface area contributed by atoms with Crippen LogP contribution in [0.4, 0.5) is 0 Å². The topological polar surface area (TPSA) is 72.0 Å². The molecule has 3 aromatic rings. The molecule has 122 valence electrons. The summed E-state index contributed by atoms with van der Waals surface area (Å²) < 4.78 is 27.4. The van der Waals surface area contributed by atoms with Crippen LogP contribution in [0.15, 0.2) is 78.2 Å². The second kappa shape index (κ2) is 6.90. The largest absolute Gasteiger partial charge is 0.264 e. The minimum Gasteiger partial charge on any atom is -0.264 e. The Balaban J connectivity index is 1.77. The molecule has 0 radical (unpaired) electrons. The molecule has 3 rings (SSSR count). The van der Waals surface area contributed by atoms with Crippen LogP contribution in [0.3, 0.4) is 0 Å². The summed E-state index contributed by atoms with van der Waals surface area (Å²) in [5, 5.41) is 0. The van der Waals surface area contributed by atoms with Crippen LogP contribution >= 0.6 is 0 Å². The Labute approximate surface area is 141 Å². The third-order valence-electron chi connectivity index (χ3n) is 3.68. The number of hydrogen-bond acceptors (Lipinski definition) is 4. The standard InChI is InChI=1S/C18H17N3O2S/c1-14(21-24(22,23)18-5-3-11-20-13-18)15-6-8-16(9-7-15)17-4-2-10-19-12-17/h2-14,21H,1H3/t14-/m1/s1. The molecule has 0 bridgehead atoms. The highest BCUT2D eigenvalue weighted by Crippen LogP contribution is 2.22. The Morgan fingerprint density at radius 1 is 0.875 bits per heavy atom. The fourth-order valence-corrected chi connectivity index (χ4v) is 3.57. The lowest BCUT2D eigenvalue weighted by Gasteiger charge is -2.15. The molecular weight excluding hydrogens is 322 g/mol. The van der Waals surface area contributed by atoms with Gasteiger partial charge in [-0.3, -0.25) is 9.97 Å². The summed E-state index contributed by atoms with van der Waals surface area (Å²) in [4.78, 5) is 8.11. The lowest BCUT2D eigenvalue weighted by Crippen LogP contribution is -2.26. The van der Waals surface area contributed by atoms with Crippen LogP contribution in [-0.4, -0.2) is 18.4 Å². The predicted octanol–water partition coefficient (Wildman–Crippen LogP) is 3.18. The molecular formula is C18H17N3O2S. The van der Waals surface area contributed by atoms with Crippen molar-refractivity contribution in [1.29, 1.82) is 0 Å². The molecule has 6 heteroatoms. The summed E-state index contributed by atoms with van der Waals surface area (Å²) in [6.45, 7) is 1.81. The number of nitrogens with one attached hydrogen (secondary N) is 1. The molecule has 5 nitrogen and oxygen atoms in total. The molecule has 0 amide bonds. The summed E-state index contributed by atoms with van der Waals surface area (Å²) in [7, 11) is -3.59. The van der Waals surface area contributed by atoms with E-state index < -0.39 is 10.0 Å². The summed E-state index contributed by atoms with van der Waals surface area (Å²) in [5.41, 5.74) is 2.94. The Morgan fingerprint density at radius 3 is 2.12 bits per heavy atom. The number of benzene rings is 1. The van der Waals surface area contributed by atoms with Gasteiger partial charge in [0.15, 0.2) is 0 Å². The van der Waals surface area contributed by atoms with Gasteiger partial charge < -0.3 is 0 Å². The number of nitrogens with zero attached hydrogens (tertiary/aromatic N) is 2. The van der Waals surface area contributed by atoms with Gasteiger partial charge >= 0.3 is 0 Å². The highest BCUT2D eigenvalue weighted by Gasteiger charge is 2.18. The third kappa shape index (κ3) is 3.67. The number of hydrogen-bond donors (Lipinski definition) is 1. The van der Waals surface area contributed by atoms with E-state index in [1.54, 1.807) is 24.7 Å². The second-order valence-electron chi connectivity index (χ2n) is 5.40. The smallest absolute Gasteiger partial charge is 0.242 e. The van der Waals surface area contributed by atoms with Crippen LogP contribution in [-0.2, 0) is 10.0 Å². The molecule has 2 heterocycles. The molecule has 0 aliphatic heterocycles. The van der Waals surface area contributed by atoms with Gasteiger partial charge in [0.1, 0.15) is 4.90 Å². The fourth-order valence-electron chi connectivity index (χ4n) is 2.37. The molecule has 0 aliphatic rings. The number of aromatic nitrogens is 2. The predicted molar refractivity (Wildman–Crippen MR) is 92.6 cm³/mol. The average molecular weight is 339 g/mol. The molecule has 0 unspecified atom stereocenters. The molecule has 0 saturated carbocycles. The monoisotopic (exact) mass is 339 g/mol. The molecule has 0 fully saturated rings. The van der Waals surface area contributed by atoms with E-state index >= 15 is 0 Å². The first-order chi connectivity index (χ1) is 11.6. The van der Waals surface area contributed by atoms with Crippen molar-refractivity contribution < 1.29 is 8.42 Å². The molecule has 2 aromatic heterocycles. The maximum absolute atomic E-state index is 12.3. The van der Waals surface area contributed by atoms with Gasteiger partial charge in [0, 0.05) is 30.8 Å². The zero-order valence-corrected chi connectivity index (χ0v) is 13.9. The first-order valence-corrected chi connectivity index (χ1v) is 8.97.